The average Bonchev–Trinajstić information content (AvgIpc) is 2.86. The second-order valence-electron chi connectivity index (χ2n) is 4.31. The molecule has 86 valence electrons. The van der Waals surface area contributed by atoms with Gasteiger partial charge in [-0.2, -0.15) is 0 Å². The SMILES string of the molecule is CCC(C)(N)c1nc(-c2cccs2)c(C)[nH]1. The summed E-state index contributed by atoms with van der Waals surface area (Å²) in [5.74, 6) is 0.871. The van der Waals surface area contributed by atoms with Gasteiger partial charge in [0.2, 0.25) is 0 Å². The van der Waals surface area contributed by atoms with Crippen molar-refractivity contribution in [3.05, 3.63) is 29.0 Å². The summed E-state index contributed by atoms with van der Waals surface area (Å²) in [6.07, 6.45) is 0.865. The van der Waals surface area contributed by atoms with Crippen molar-refractivity contribution >= 4 is 11.3 Å². The molecule has 2 heterocycles. The summed E-state index contributed by atoms with van der Waals surface area (Å²) in [5, 5.41) is 2.06. The molecule has 0 bridgehead atoms. The zero-order chi connectivity index (χ0) is 11.8. The number of nitrogens with zero attached hydrogens (tertiary/aromatic N) is 1. The minimum absolute atomic E-state index is 0.375. The number of aryl methyl sites for hydroxylation is 1. The number of aromatic amines is 1. The Labute approximate surface area is 99.7 Å². The van der Waals surface area contributed by atoms with Gasteiger partial charge in [-0.25, -0.2) is 4.98 Å². The fourth-order valence-electron chi connectivity index (χ4n) is 1.55. The maximum absolute atomic E-state index is 6.18. The van der Waals surface area contributed by atoms with Gasteiger partial charge in [0.1, 0.15) is 11.5 Å². The smallest absolute Gasteiger partial charge is 0.126 e. The number of imidazole rings is 1. The Kier molecular flexibility index (Phi) is 2.86. The molecule has 0 saturated carbocycles. The number of nitrogens with one attached hydrogen (secondary N) is 1. The minimum atomic E-state index is -0.375. The third-order valence-corrected chi connectivity index (χ3v) is 3.79. The Hall–Kier alpha value is -1.13. The molecular formula is C12H17N3S. The molecule has 0 fully saturated rings. The number of rotatable bonds is 3. The normalized spacial score (nSPS) is 15.0. The summed E-state index contributed by atoms with van der Waals surface area (Å²) < 4.78 is 0. The molecule has 0 saturated heterocycles. The maximum Gasteiger partial charge on any atom is 0.126 e. The molecule has 4 heteroatoms. The molecular weight excluding hydrogens is 218 g/mol. The molecule has 3 N–H and O–H groups in total. The summed E-state index contributed by atoms with van der Waals surface area (Å²) in [6.45, 7) is 6.11. The lowest BCUT2D eigenvalue weighted by Gasteiger charge is -2.19. The first-order chi connectivity index (χ1) is 7.54. The Balaban J connectivity index is 2.44. The zero-order valence-electron chi connectivity index (χ0n) is 9.87. The Morgan fingerprint density at radius 2 is 2.31 bits per heavy atom. The van der Waals surface area contributed by atoms with Gasteiger partial charge in [0.25, 0.3) is 0 Å². The van der Waals surface area contributed by atoms with E-state index in [0.29, 0.717) is 0 Å². The van der Waals surface area contributed by atoms with Crippen molar-refractivity contribution in [1.29, 1.82) is 0 Å². The lowest BCUT2D eigenvalue weighted by atomic mass is 10.0. The first-order valence-electron chi connectivity index (χ1n) is 5.44. The molecule has 0 aromatic carbocycles. The molecule has 0 radical (unpaired) electrons. The van der Waals surface area contributed by atoms with Crippen LogP contribution in [0, 0.1) is 6.92 Å². The quantitative estimate of drug-likeness (QED) is 0.859. The number of hydrogen-bond acceptors (Lipinski definition) is 3. The number of aromatic nitrogens is 2. The summed E-state index contributed by atoms with van der Waals surface area (Å²) in [4.78, 5) is 9.11. The fourth-order valence-corrected chi connectivity index (χ4v) is 2.32. The van der Waals surface area contributed by atoms with E-state index in [1.807, 2.05) is 19.9 Å². The van der Waals surface area contributed by atoms with Crippen LogP contribution in [-0.2, 0) is 5.54 Å². The summed E-state index contributed by atoms with van der Waals surface area (Å²) in [6, 6.07) is 4.12. The minimum Gasteiger partial charge on any atom is -0.344 e. The molecule has 0 aliphatic carbocycles. The predicted molar refractivity (Wildman–Crippen MR) is 68.5 cm³/mol. The second-order valence-corrected chi connectivity index (χ2v) is 5.26. The summed E-state index contributed by atoms with van der Waals surface area (Å²) in [7, 11) is 0. The summed E-state index contributed by atoms with van der Waals surface area (Å²) >= 11 is 1.70. The standard InChI is InChI=1S/C12H17N3S/c1-4-12(3,13)11-14-8(2)10(15-11)9-6-5-7-16-9/h5-7H,4,13H2,1-3H3,(H,14,15). The second kappa shape index (κ2) is 4.03. The highest BCUT2D eigenvalue weighted by molar-refractivity contribution is 7.13. The van der Waals surface area contributed by atoms with Crippen molar-refractivity contribution in [3.8, 4) is 10.6 Å². The van der Waals surface area contributed by atoms with E-state index in [1.54, 1.807) is 11.3 Å². The van der Waals surface area contributed by atoms with Crippen LogP contribution in [0.25, 0.3) is 10.6 Å². The van der Waals surface area contributed by atoms with Gasteiger partial charge in [-0.15, -0.1) is 11.3 Å². The molecule has 0 spiro atoms. The number of H-pyrrole nitrogens is 1. The highest BCUT2D eigenvalue weighted by Crippen LogP contribution is 2.28. The highest BCUT2D eigenvalue weighted by Gasteiger charge is 2.24. The first-order valence-corrected chi connectivity index (χ1v) is 6.32. The average molecular weight is 235 g/mol. The molecule has 16 heavy (non-hydrogen) atoms. The lowest BCUT2D eigenvalue weighted by molar-refractivity contribution is 0.449. The van der Waals surface area contributed by atoms with Crippen LogP contribution in [0.15, 0.2) is 17.5 Å². The zero-order valence-corrected chi connectivity index (χ0v) is 10.7. The van der Waals surface area contributed by atoms with Gasteiger partial charge in [0, 0.05) is 5.69 Å². The van der Waals surface area contributed by atoms with Crippen molar-refractivity contribution in [2.75, 3.05) is 0 Å². The van der Waals surface area contributed by atoms with Crippen molar-refractivity contribution < 1.29 is 0 Å². The van der Waals surface area contributed by atoms with Gasteiger partial charge < -0.3 is 10.7 Å². The van der Waals surface area contributed by atoms with Gasteiger partial charge in [-0.1, -0.05) is 13.0 Å². The molecule has 1 atom stereocenters. The van der Waals surface area contributed by atoms with E-state index < -0.39 is 0 Å². The molecule has 0 aliphatic rings. The van der Waals surface area contributed by atoms with E-state index in [1.165, 1.54) is 4.88 Å². The van der Waals surface area contributed by atoms with E-state index in [-0.39, 0.29) is 5.54 Å². The largest absolute Gasteiger partial charge is 0.344 e. The van der Waals surface area contributed by atoms with Gasteiger partial charge in [-0.05, 0) is 31.7 Å². The monoisotopic (exact) mass is 235 g/mol. The van der Waals surface area contributed by atoms with Gasteiger partial charge >= 0.3 is 0 Å². The number of nitrogens with two attached hydrogens (primary N) is 1. The fraction of sp³-hybridized carbons (Fsp3) is 0.417. The van der Waals surface area contributed by atoms with Crippen LogP contribution in [0.3, 0.4) is 0 Å². The van der Waals surface area contributed by atoms with Crippen LogP contribution in [0.2, 0.25) is 0 Å². The van der Waals surface area contributed by atoms with Crippen molar-refractivity contribution in [2.45, 2.75) is 32.7 Å². The predicted octanol–water partition coefficient (Wildman–Crippen LogP) is 3.03. The third kappa shape index (κ3) is 1.90. The van der Waals surface area contributed by atoms with Gasteiger partial charge in [0.15, 0.2) is 0 Å². The summed E-state index contributed by atoms with van der Waals surface area (Å²) in [5.41, 5.74) is 7.92. The van der Waals surface area contributed by atoms with E-state index in [9.17, 15) is 0 Å². The molecule has 0 aliphatic heterocycles. The van der Waals surface area contributed by atoms with E-state index in [2.05, 4.69) is 28.3 Å². The van der Waals surface area contributed by atoms with Crippen LogP contribution in [-0.4, -0.2) is 9.97 Å². The van der Waals surface area contributed by atoms with Gasteiger partial charge in [-0.3, -0.25) is 0 Å². The van der Waals surface area contributed by atoms with E-state index in [4.69, 9.17) is 5.73 Å². The van der Waals surface area contributed by atoms with Crippen molar-refractivity contribution in [1.82, 2.24) is 9.97 Å². The molecule has 2 aromatic heterocycles. The van der Waals surface area contributed by atoms with Crippen molar-refractivity contribution in [3.63, 3.8) is 0 Å². The molecule has 2 rings (SSSR count). The van der Waals surface area contributed by atoms with Crippen LogP contribution in [0.5, 0.6) is 0 Å². The van der Waals surface area contributed by atoms with Crippen LogP contribution < -0.4 is 5.73 Å². The van der Waals surface area contributed by atoms with Crippen LogP contribution in [0.4, 0.5) is 0 Å². The lowest BCUT2D eigenvalue weighted by Crippen LogP contribution is -2.33. The van der Waals surface area contributed by atoms with Crippen LogP contribution in [0.1, 0.15) is 31.8 Å². The Morgan fingerprint density at radius 3 is 2.88 bits per heavy atom. The molecule has 2 aromatic rings. The Morgan fingerprint density at radius 1 is 1.56 bits per heavy atom. The third-order valence-electron chi connectivity index (χ3n) is 2.91. The van der Waals surface area contributed by atoms with Gasteiger partial charge in [0.05, 0.1) is 10.4 Å². The first kappa shape index (κ1) is 11.4. The van der Waals surface area contributed by atoms with Crippen molar-refractivity contribution in [2.24, 2.45) is 5.73 Å². The molecule has 1 unspecified atom stereocenters. The topological polar surface area (TPSA) is 54.7 Å². The molecule has 0 amide bonds. The molecule has 3 nitrogen and oxygen atoms in total. The number of hydrogen-bond donors (Lipinski definition) is 2. The maximum atomic E-state index is 6.18. The van der Waals surface area contributed by atoms with Crippen LogP contribution >= 0.6 is 11.3 Å². The number of thiophene rings is 1. The van der Waals surface area contributed by atoms with E-state index in [0.717, 1.165) is 23.6 Å². The Bertz CT molecular complexity index is 468. The van der Waals surface area contributed by atoms with E-state index >= 15 is 0 Å². The highest BCUT2D eigenvalue weighted by atomic mass is 32.1.